The molecule has 4 heteroatoms. The van der Waals surface area contributed by atoms with Gasteiger partial charge < -0.3 is 5.32 Å². The first-order valence-electron chi connectivity index (χ1n) is 6.48. The SMILES string of the molecule is CCNC(c1cccc(C)c1F)c1c(F)cccc1F. The second-order valence-corrected chi connectivity index (χ2v) is 4.60. The molecule has 1 nitrogen and oxygen atoms in total. The Morgan fingerprint density at radius 3 is 2.20 bits per heavy atom. The van der Waals surface area contributed by atoms with Gasteiger partial charge in [-0.05, 0) is 31.2 Å². The highest BCUT2D eigenvalue weighted by atomic mass is 19.1. The Balaban J connectivity index is 2.60. The van der Waals surface area contributed by atoms with Crippen LogP contribution in [0.4, 0.5) is 13.2 Å². The van der Waals surface area contributed by atoms with Crippen molar-refractivity contribution in [2.75, 3.05) is 6.54 Å². The summed E-state index contributed by atoms with van der Waals surface area (Å²) in [6.45, 7) is 3.89. The van der Waals surface area contributed by atoms with Crippen LogP contribution >= 0.6 is 0 Å². The van der Waals surface area contributed by atoms with Crippen LogP contribution < -0.4 is 5.32 Å². The third-order valence-electron chi connectivity index (χ3n) is 3.23. The fourth-order valence-electron chi connectivity index (χ4n) is 2.25. The van der Waals surface area contributed by atoms with E-state index in [4.69, 9.17) is 0 Å². The van der Waals surface area contributed by atoms with E-state index < -0.39 is 23.5 Å². The van der Waals surface area contributed by atoms with Crippen molar-refractivity contribution in [1.29, 1.82) is 0 Å². The van der Waals surface area contributed by atoms with Crippen molar-refractivity contribution >= 4 is 0 Å². The Hall–Kier alpha value is -1.81. The molecule has 0 radical (unpaired) electrons. The highest BCUT2D eigenvalue weighted by molar-refractivity contribution is 5.36. The Morgan fingerprint density at radius 1 is 1.00 bits per heavy atom. The van der Waals surface area contributed by atoms with E-state index in [-0.39, 0.29) is 11.1 Å². The molecular weight excluding hydrogens is 263 g/mol. The number of nitrogens with one attached hydrogen (secondary N) is 1. The van der Waals surface area contributed by atoms with Gasteiger partial charge >= 0.3 is 0 Å². The van der Waals surface area contributed by atoms with Crippen LogP contribution in [-0.4, -0.2) is 6.54 Å². The zero-order chi connectivity index (χ0) is 14.7. The molecular formula is C16H16F3N. The van der Waals surface area contributed by atoms with Gasteiger partial charge in [-0.2, -0.15) is 0 Å². The molecule has 2 aromatic rings. The summed E-state index contributed by atoms with van der Waals surface area (Å²) in [5.41, 5.74) is 0.539. The largest absolute Gasteiger partial charge is 0.306 e. The van der Waals surface area contributed by atoms with Gasteiger partial charge in [0.05, 0.1) is 6.04 Å². The van der Waals surface area contributed by atoms with E-state index >= 15 is 0 Å². The fraction of sp³-hybridized carbons (Fsp3) is 0.250. The highest BCUT2D eigenvalue weighted by Gasteiger charge is 2.24. The molecule has 0 fully saturated rings. The Labute approximate surface area is 116 Å². The maximum atomic E-state index is 14.2. The zero-order valence-electron chi connectivity index (χ0n) is 11.4. The van der Waals surface area contributed by atoms with Crippen molar-refractivity contribution in [3.05, 3.63) is 70.5 Å². The molecule has 0 aliphatic heterocycles. The van der Waals surface area contributed by atoms with E-state index in [1.54, 1.807) is 32.0 Å². The van der Waals surface area contributed by atoms with Crippen molar-refractivity contribution in [2.24, 2.45) is 0 Å². The Bertz CT molecular complexity index is 590. The first-order chi connectivity index (χ1) is 9.56. The molecule has 0 aliphatic rings. The number of hydrogen-bond acceptors (Lipinski definition) is 1. The van der Waals surface area contributed by atoms with Gasteiger partial charge in [-0.15, -0.1) is 0 Å². The summed E-state index contributed by atoms with van der Waals surface area (Å²) in [7, 11) is 0. The summed E-state index contributed by atoms with van der Waals surface area (Å²) in [6, 6.07) is 7.65. The van der Waals surface area contributed by atoms with Gasteiger partial charge in [-0.25, -0.2) is 13.2 Å². The number of benzene rings is 2. The van der Waals surface area contributed by atoms with Crippen LogP contribution in [0.2, 0.25) is 0 Å². The van der Waals surface area contributed by atoms with Crippen LogP contribution in [0.1, 0.15) is 29.7 Å². The molecule has 0 spiro atoms. The lowest BCUT2D eigenvalue weighted by Gasteiger charge is -2.21. The van der Waals surface area contributed by atoms with E-state index in [0.29, 0.717) is 12.1 Å². The molecule has 1 N–H and O–H groups in total. The van der Waals surface area contributed by atoms with Crippen molar-refractivity contribution in [3.63, 3.8) is 0 Å². The molecule has 1 atom stereocenters. The number of aryl methyl sites for hydroxylation is 1. The highest BCUT2D eigenvalue weighted by Crippen LogP contribution is 2.29. The van der Waals surface area contributed by atoms with Crippen LogP contribution in [0.5, 0.6) is 0 Å². The minimum absolute atomic E-state index is 0.154. The van der Waals surface area contributed by atoms with Gasteiger partial charge in [0.15, 0.2) is 0 Å². The van der Waals surface area contributed by atoms with Crippen molar-refractivity contribution < 1.29 is 13.2 Å². The summed E-state index contributed by atoms with van der Waals surface area (Å²) in [6.07, 6.45) is 0. The van der Waals surface area contributed by atoms with Crippen LogP contribution in [0.3, 0.4) is 0 Å². The lowest BCUT2D eigenvalue weighted by Crippen LogP contribution is -2.25. The van der Waals surface area contributed by atoms with Gasteiger partial charge in [0, 0.05) is 11.1 Å². The molecule has 0 saturated carbocycles. The van der Waals surface area contributed by atoms with E-state index in [1.807, 2.05) is 0 Å². The molecule has 2 rings (SSSR count). The van der Waals surface area contributed by atoms with Crippen molar-refractivity contribution in [1.82, 2.24) is 5.32 Å². The predicted octanol–water partition coefficient (Wildman–Crippen LogP) is 4.11. The van der Waals surface area contributed by atoms with E-state index in [1.165, 1.54) is 18.2 Å². The predicted molar refractivity (Wildman–Crippen MR) is 73.0 cm³/mol. The quantitative estimate of drug-likeness (QED) is 0.888. The molecule has 0 saturated heterocycles. The minimum atomic E-state index is -0.846. The van der Waals surface area contributed by atoms with E-state index in [9.17, 15) is 13.2 Å². The smallest absolute Gasteiger partial charge is 0.131 e. The molecule has 1 unspecified atom stereocenters. The van der Waals surface area contributed by atoms with Gasteiger partial charge in [0.2, 0.25) is 0 Å². The summed E-state index contributed by atoms with van der Waals surface area (Å²) in [4.78, 5) is 0. The van der Waals surface area contributed by atoms with Gasteiger partial charge in [0.1, 0.15) is 17.5 Å². The standard InChI is InChI=1S/C16H16F3N/c1-3-20-16(11-7-4-6-10(2)15(11)19)14-12(17)8-5-9-13(14)18/h4-9,16,20H,3H2,1-2H3. The molecule has 0 aliphatic carbocycles. The van der Waals surface area contributed by atoms with Crippen molar-refractivity contribution in [2.45, 2.75) is 19.9 Å². The first-order valence-corrected chi connectivity index (χ1v) is 6.48. The third kappa shape index (κ3) is 2.70. The Morgan fingerprint density at radius 2 is 1.60 bits per heavy atom. The Kier molecular flexibility index (Phi) is 4.45. The molecule has 2 aromatic carbocycles. The van der Waals surface area contributed by atoms with Crippen LogP contribution in [0, 0.1) is 24.4 Å². The summed E-state index contributed by atoms with van der Waals surface area (Å²) >= 11 is 0. The maximum absolute atomic E-state index is 14.2. The summed E-state index contributed by atoms with van der Waals surface area (Å²) in [5.74, 6) is -1.81. The minimum Gasteiger partial charge on any atom is -0.306 e. The molecule has 0 amide bonds. The second kappa shape index (κ2) is 6.09. The third-order valence-corrected chi connectivity index (χ3v) is 3.23. The maximum Gasteiger partial charge on any atom is 0.131 e. The second-order valence-electron chi connectivity index (χ2n) is 4.60. The molecule has 0 bridgehead atoms. The molecule has 106 valence electrons. The lowest BCUT2D eigenvalue weighted by atomic mass is 9.95. The van der Waals surface area contributed by atoms with Gasteiger partial charge in [-0.3, -0.25) is 0 Å². The van der Waals surface area contributed by atoms with Gasteiger partial charge in [-0.1, -0.05) is 31.2 Å². The monoisotopic (exact) mass is 279 g/mol. The van der Waals surface area contributed by atoms with Crippen LogP contribution in [-0.2, 0) is 0 Å². The number of hydrogen-bond donors (Lipinski definition) is 1. The molecule has 20 heavy (non-hydrogen) atoms. The molecule has 0 heterocycles. The molecule has 0 aromatic heterocycles. The van der Waals surface area contributed by atoms with Crippen LogP contribution in [0.25, 0.3) is 0 Å². The average molecular weight is 279 g/mol. The topological polar surface area (TPSA) is 12.0 Å². The average Bonchev–Trinajstić information content (AvgIpc) is 2.41. The van der Waals surface area contributed by atoms with E-state index in [2.05, 4.69) is 5.32 Å². The fourth-order valence-corrected chi connectivity index (χ4v) is 2.25. The zero-order valence-corrected chi connectivity index (χ0v) is 11.4. The summed E-state index contributed by atoms with van der Waals surface area (Å²) in [5, 5.41) is 2.94. The lowest BCUT2D eigenvalue weighted by molar-refractivity contribution is 0.494. The normalized spacial score (nSPS) is 12.4. The van der Waals surface area contributed by atoms with Gasteiger partial charge in [0.25, 0.3) is 0 Å². The van der Waals surface area contributed by atoms with E-state index in [0.717, 1.165) is 0 Å². The number of halogens is 3. The summed E-state index contributed by atoms with van der Waals surface area (Å²) < 4.78 is 42.1. The number of rotatable bonds is 4. The van der Waals surface area contributed by atoms with Crippen LogP contribution in [0.15, 0.2) is 36.4 Å². The first kappa shape index (κ1) is 14.6. The van der Waals surface area contributed by atoms with Crippen molar-refractivity contribution in [3.8, 4) is 0 Å².